The predicted molar refractivity (Wildman–Crippen MR) is 122 cm³/mol. The lowest BCUT2D eigenvalue weighted by molar-refractivity contribution is -0.138. The van der Waals surface area contributed by atoms with Crippen molar-refractivity contribution in [3.8, 4) is 0 Å². The highest BCUT2D eigenvalue weighted by Gasteiger charge is 2.45. The highest BCUT2D eigenvalue weighted by Crippen LogP contribution is 2.49. The van der Waals surface area contributed by atoms with Crippen LogP contribution in [0.15, 0.2) is 72.8 Å². The molecule has 0 radical (unpaired) electrons. The molecule has 0 spiro atoms. The highest BCUT2D eigenvalue weighted by molar-refractivity contribution is 5.89. The second kappa shape index (κ2) is 9.29. The van der Waals surface area contributed by atoms with E-state index in [0.717, 1.165) is 18.9 Å². The number of halogens is 3. The summed E-state index contributed by atoms with van der Waals surface area (Å²) in [5, 5.41) is 3.51. The number of ether oxygens (including phenoxy) is 2. The molecule has 7 heteroatoms. The van der Waals surface area contributed by atoms with Crippen LogP contribution in [0.5, 0.6) is 0 Å². The summed E-state index contributed by atoms with van der Waals surface area (Å²) in [7, 11) is 0. The van der Waals surface area contributed by atoms with Crippen molar-refractivity contribution in [2.45, 2.75) is 43.7 Å². The molecule has 1 aliphatic carbocycles. The Kier molecular flexibility index (Phi) is 6.21. The first-order chi connectivity index (χ1) is 16.4. The zero-order valence-corrected chi connectivity index (χ0v) is 18.5. The van der Waals surface area contributed by atoms with E-state index in [0.29, 0.717) is 23.2 Å². The molecule has 1 saturated heterocycles. The number of nitrogens with one attached hydrogen (secondary N) is 1. The Bertz CT molecular complexity index is 1100. The summed E-state index contributed by atoms with van der Waals surface area (Å²) in [4.78, 5) is 12.4. The molecule has 4 nitrogen and oxygen atoms in total. The Morgan fingerprint density at radius 2 is 1.91 bits per heavy atom. The van der Waals surface area contributed by atoms with Gasteiger partial charge in [0.2, 0.25) is 0 Å². The van der Waals surface area contributed by atoms with Gasteiger partial charge in [-0.1, -0.05) is 42.5 Å². The molecule has 5 rings (SSSR count). The van der Waals surface area contributed by atoms with E-state index in [9.17, 15) is 18.0 Å². The molecule has 0 aromatic heterocycles. The van der Waals surface area contributed by atoms with Crippen LogP contribution in [0.2, 0.25) is 0 Å². The van der Waals surface area contributed by atoms with Gasteiger partial charge in [-0.25, -0.2) is 4.79 Å². The number of carbonyl (C=O) groups is 1. The molecule has 2 aliphatic heterocycles. The van der Waals surface area contributed by atoms with Crippen LogP contribution >= 0.6 is 0 Å². The summed E-state index contributed by atoms with van der Waals surface area (Å²) in [5.74, 6) is -0.199. The van der Waals surface area contributed by atoms with E-state index < -0.39 is 23.8 Å². The second-order valence-electron chi connectivity index (χ2n) is 9.07. The van der Waals surface area contributed by atoms with Gasteiger partial charge in [0.1, 0.15) is 6.61 Å². The summed E-state index contributed by atoms with van der Waals surface area (Å²) in [6, 6.07) is 12.6. The van der Waals surface area contributed by atoms with E-state index >= 15 is 0 Å². The molecule has 0 saturated carbocycles. The fraction of sp³-hybridized carbons (Fsp3) is 0.370. The Labute approximate surface area is 196 Å². The molecule has 1 N–H and O–H groups in total. The number of rotatable bonds is 4. The molecular weight excluding hydrogens is 443 g/mol. The maximum atomic E-state index is 13.5. The molecule has 2 aromatic rings. The van der Waals surface area contributed by atoms with Crippen LogP contribution in [0.25, 0.3) is 0 Å². The summed E-state index contributed by atoms with van der Waals surface area (Å²) < 4.78 is 52.2. The quantitative estimate of drug-likeness (QED) is 0.532. The van der Waals surface area contributed by atoms with Crippen LogP contribution in [0.1, 0.15) is 46.9 Å². The molecule has 2 aromatic carbocycles. The minimum absolute atomic E-state index is 0.0122. The lowest BCUT2D eigenvalue weighted by Gasteiger charge is -2.47. The zero-order valence-electron chi connectivity index (χ0n) is 18.5. The van der Waals surface area contributed by atoms with Gasteiger partial charge in [-0.05, 0) is 49.6 Å². The second-order valence-corrected chi connectivity index (χ2v) is 9.07. The number of esters is 1. The fourth-order valence-corrected chi connectivity index (χ4v) is 5.21. The van der Waals surface area contributed by atoms with Crippen molar-refractivity contribution in [2.24, 2.45) is 11.8 Å². The van der Waals surface area contributed by atoms with Gasteiger partial charge in [-0.2, -0.15) is 13.2 Å². The average molecular weight is 470 g/mol. The van der Waals surface area contributed by atoms with Crippen molar-refractivity contribution in [2.75, 3.05) is 11.9 Å². The molecule has 34 heavy (non-hydrogen) atoms. The van der Waals surface area contributed by atoms with E-state index in [2.05, 4.69) is 17.5 Å². The van der Waals surface area contributed by atoms with Gasteiger partial charge < -0.3 is 14.8 Å². The van der Waals surface area contributed by atoms with Gasteiger partial charge in [0.05, 0.1) is 23.3 Å². The minimum Gasteiger partial charge on any atom is -0.459 e. The van der Waals surface area contributed by atoms with Crippen molar-refractivity contribution in [3.05, 3.63) is 89.5 Å². The van der Waals surface area contributed by atoms with Crippen molar-refractivity contribution in [1.29, 1.82) is 0 Å². The Morgan fingerprint density at radius 3 is 2.65 bits per heavy atom. The predicted octanol–water partition coefficient (Wildman–Crippen LogP) is 6.33. The molecule has 1 fully saturated rings. The Balaban J connectivity index is 1.38. The lowest BCUT2D eigenvalue weighted by Crippen LogP contribution is -2.47. The average Bonchev–Trinajstić information content (AvgIpc) is 2.87. The maximum Gasteiger partial charge on any atom is 0.416 e. The molecular formula is C27H26F3NO3. The van der Waals surface area contributed by atoms with Gasteiger partial charge >= 0.3 is 12.1 Å². The number of hydrogen-bond donors (Lipinski definition) is 1. The number of carbonyl (C=O) groups excluding carboxylic acids is 1. The molecule has 178 valence electrons. The minimum atomic E-state index is -4.43. The van der Waals surface area contributed by atoms with Crippen molar-refractivity contribution in [3.63, 3.8) is 0 Å². The Morgan fingerprint density at radius 1 is 1.09 bits per heavy atom. The molecule has 2 heterocycles. The first kappa shape index (κ1) is 22.7. The number of fused-ring (bicyclic) bond motifs is 3. The number of allylic oxidation sites excluding steroid dienone is 3. The number of benzene rings is 2. The van der Waals surface area contributed by atoms with Gasteiger partial charge in [-0.15, -0.1) is 0 Å². The van der Waals surface area contributed by atoms with Crippen LogP contribution in [0.3, 0.4) is 0 Å². The highest BCUT2D eigenvalue weighted by atomic mass is 19.4. The molecule has 0 amide bonds. The smallest absolute Gasteiger partial charge is 0.416 e. The van der Waals surface area contributed by atoms with Crippen molar-refractivity contribution in [1.82, 2.24) is 0 Å². The lowest BCUT2D eigenvalue weighted by atomic mass is 9.73. The van der Waals surface area contributed by atoms with E-state index in [4.69, 9.17) is 9.47 Å². The number of hydrogen-bond acceptors (Lipinski definition) is 4. The van der Waals surface area contributed by atoms with Gasteiger partial charge in [0.15, 0.2) is 0 Å². The molecule has 0 bridgehead atoms. The standard InChI is InChI=1S/C27H26F3NO3/c28-27(29,30)19-11-14-23-22(15-19)25-21(24(31-23)17-7-3-1-4-8-17)13-12-20(34-25)16-33-26(32)18-9-5-2-6-10-18/h1-7,9-11,14-15,17,20-21,24-25,31H,8,12-13,16H2/t17?,20-,21+,24+,25+/m1/s1. The SMILES string of the molecule is O=C(OC[C@H]1CC[C@@H]2[C@H](O1)c1cc(C(F)(F)F)ccc1N[C@H]2C1C=CC=CC1)c1ccccc1. The van der Waals surface area contributed by atoms with E-state index in [1.54, 1.807) is 24.3 Å². The topological polar surface area (TPSA) is 47.6 Å². The van der Waals surface area contributed by atoms with Crippen molar-refractivity contribution >= 4 is 11.7 Å². The van der Waals surface area contributed by atoms with E-state index in [1.165, 1.54) is 12.1 Å². The van der Waals surface area contributed by atoms with Crippen LogP contribution < -0.4 is 5.32 Å². The zero-order chi connectivity index (χ0) is 23.7. The maximum absolute atomic E-state index is 13.5. The van der Waals surface area contributed by atoms with Crippen LogP contribution in [0.4, 0.5) is 18.9 Å². The van der Waals surface area contributed by atoms with Crippen molar-refractivity contribution < 1.29 is 27.4 Å². The summed E-state index contributed by atoms with van der Waals surface area (Å²) in [5.41, 5.74) is 0.956. The van der Waals surface area contributed by atoms with E-state index in [-0.39, 0.29) is 30.6 Å². The van der Waals surface area contributed by atoms with Crippen LogP contribution in [-0.4, -0.2) is 24.7 Å². The number of anilines is 1. The monoisotopic (exact) mass is 469 g/mol. The van der Waals surface area contributed by atoms with Gasteiger partial charge in [-0.3, -0.25) is 0 Å². The third-order valence-electron chi connectivity index (χ3n) is 6.90. The first-order valence-electron chi connectivity index (χ1n) is 11.6. The van der Waals surface area contributed by atoms with Crippen LogP contribution in [-0.2, 0) is 15.7 Å². The Hall–Kier alpha value is -3.06. The fourth-order valence-electron chi connectivity index (χ4n) is 5.21. The number of alkyl halides is 3. The van der Waals surface area contributed by atoms with Gasteiger partial charge in [0, 0.05) is 29.1 Å². The summed E-state index contributed by atoms with van der Waals surface area (Å²) in [6.45, 7) is 0.0649. The summed E-state index contributed by atoms with van der Waals surface area (Å²) >= 11 is 0. The third-order valence-corrected chi connectivity index (χ3v) is 6.90. The molecule has 3 aliphatic rings. The molecule has 1 unspecified atom stereocenters. The first-order valence-corrected chi connectivity index (χ1v) is 11.6. The van der Waals surface area contributed by atoms with Crippen LogP contribution in [0, 0.1) is 11.8 Å². The summed E-state index contributed by atoms with van der Waals surface area (Å²) in [6.07, 6.45) is 5.27. The normalized spacial score (nSPS) is 27.9. The third kappa shape index (κ3) is 4.62. The largest absolute Gasteiger partial charge is 0.459 e. The van der Waals surface area contributed by atoms with E-state index in [1.807, 2.05) is 18.2 Å². The van der Waals surface area contributed by atoms with Gasteiger partial charge in [0.25, 0.3) is 0 Å². The molecule has 5 atom stereocenters.